The van der Waals surface area contributed by atoms with Crippen LogP contribution in [0.3, 0.4) is 0 Å². The van der Waals surface area contributed by atoms with E-state index in [1.807, 2.05) is 0 Å². The molecular formula is C25H37NO2Si. The summed E-state index contributed by atoms with van der Waals surface area (Å²) in [6.45, 7) is 17.0. The molecule has 2 aromatic carbocycles. The van der Waals surface area contributed by atoms with Crippen LogP contribution in [0.25, 0.3) is 0 Å². The summed E-state index contributed by atoms with van der Waals surface area (Å²) in [7, 11) is -2.50. The van der Waals surface area contributed by atoms with Crippen LogP contribution in [0.2, 0.25) is 5.04 Å². The quantitative estimate of drug-likeness (QED) is 0.693. The molecule has 0 unspecified atom stereocenters. The lowest BCUT2D eigenvalue weighted by molar-refractivity contribution is -0.0634. The first-order valence-electron chi connectivity index (χ1n) is 10.8. The number of benzene rings is 2. The van der Waals surface area contributed by atoms with Gasteiger partial charge in [0.2, 0.25) is 0 Å². The Hall–Kier alpha value is -1.46. The van der Waals surface area contributed by atoms with E-state index in [0.29, 0.717) is 6.61 Å². The maximum Gasteiger partial charge on any atom is 0.261 e. The molecule has 4 heteroatoms. The average molecular weight is 412 g/mol. The number of rotatable bonds is 5. The van der Waals surface area contributed by atoms with Gasteiger partial charge in [0.1, 0.15) is 0 Å². The van der Waals surface area contributed by atoms with Crippen molar-refractivity contribution in [2.75, 3.05) is 26.4 Å². The van der Waals surface area contributed by atoms with Crippen molar-refractivity contribution in [2.45, 2.75) is 58.2 Å². The maximum atomic E-state index is 7.15. The molecular weight excluding hydrogens is 374 g/mol. The fraction of sp³-hybridized carbons (Fsp3) is 0.520. The molecule has 3 rings (SSSR count). The third-order valence-electron chi connectivity index (χ3n) is 6.00. The minimum absolute atomic E-state index is 0.00219. The molecule has 0 amide bonds. The Morgan fingerprint density at radius 3 is 1.86 bits per heavy atom. The number of nitrogens with zero attached hydrogens (tertiary/aromatic N) is 1. The number of ether oxygens (including phenoxy) is 1. The molecule has 0 spiro atoms. The Morgan fingerprint density at radius 2 is 1.41 bits per heavy atom. The van der Waals surface area contributed by atoms with Crippen molar-refractivity contribution in [3.8, 4) is 0 Å². The van der Waals surface area contributed by atoms with E-state index in [9.17, 15) is 0 Å². The van der Waals surface area contributed by atoms with Crippen LogP contribution < -0.4 is 10.4 Å². The SMILES string of the molecule is CC(C)(C)N1CCOC[C@H]1CO[Si](c1ccccc1)(c1ccccc1)C(C)(C)C. The van der Waals surface area contributed by atoms with E-state index in [4.69, 9.17) is 9.16 Å². The highest BCUT2D eigenvalue weighted by Gasteiger charge is 2.50. The summed E-state index contributed by atoms with van der Waals surface area (Å²) >= 11 is 0. The normalized spacial score (nSPS) is 19.3. The summed E-state index contributed by atoms with van der Waals surface area (Å²) in [6.07, 6.45) is 0. The van der Waals surface area contributed by atoms with Gasteiger partial charge in [0.25, 0.3) is 8.32 Å². The largest absolute Gasteiger partial charge is 0.406 e. The van der Waals surface area contributed by atoms with Gasteiger partial charge in [-0.1, -0.05) is 81.4 Å². The molecule has 158 valence electrons. The highest BCUT2D eigenvalue weighted by atomic mass is 28.4. The molecule has 2 aromatic rings. The van der Waals surface area contributed by atoms with Crippen LogP contribution in [0.15, 0.2) is 60.7 Å². The van der Waals surface area contributed by atoms with E-state index in [0.717, 1.165) is 19.8 Å². The smallest absolute Gasteiger partial charge is 0.261 e. The van der Waals surface area contributed by atoms with Gasteiger partial charge in [-0.2, -0.15) is 0 Å². The average Bonchev–Trinajstić information content (AvgIpc) is 2.69. The van der Waals surface area contributed by atoms with E-state index in [1.165, 1.54) is 10.4 Å². The van der Waals surface area contributed by atoms with Crippen molar-refractivity contribution in [2.24, 2.45) is 0 Å². The molecule has 0 aromatic heterocycles. The third-order valence-corrected chi connectivity index (χ3v) is 11.0. The van der Waals surface area contributed by atoms with Crippen molar-refractivity contribution < 1.29 is 9.16 Å². The van der Waals surface area contributed by atoms with Gasteiger partial charge < -0.3 is 9.16 Å². The monoisotopic (exact) mass is 411 g/mol. The fourth-order valence-electron chi connectivity index (χ4n) is 4.66. The van der Waals surface area contributed by atoms with E-state index >= 15 is 0 Å². The van der Waals surface area contributed by atoms with Gasteiger partial charge in [-0.05, 0) is 36.2 Å². The molecule has 0 aliphatic carbocycles. The van der Waals surface area contributed by atoms with Crippen LogP contribution in [0.4, 0.5) is 0 Å². The Labute approximate surface area is 178 Å². The van der Waals surface area contributed by atoms with Gasteiger partial charge in [0, 0.05) is 12.1 Å². The topological polar surface area (TPSA) is 21.7 Å². The number of hydrogen-bond acceptors (Lipinski definition) is 3. The van der Waals surface area contributed by atoms with Crippen LogP contribution in [0.5, 0.6) is 0 Å². The van der Waals surface area contributed by atoms with E-state index < -0.39 is 8.32 Å². The molecule has 1 atom stereocenters. The zero-order valence-corrected chi connectivity index (χ0v) is 19.9. The summed E-state index contributed by atoms with van der Waals surface area (Å²) in [5.74, 6) is 0. The van der Waals surface area contributed by atoms with Gasteiger partial charge in [0.05, 0.1) is 25.9 Å². The van der Waals surface area contributed by atoms with E-state index in [2.05, 4.69) is 107 Å². The second-order valence-corrected chi connectivity index (χ2v) is 14.4. The Bertz CT molecular complexity index is 725. The molecule has 1 aliphatic rings. The maximum absolute atomic E-state index is 7.15. The zero-order chi connectivity index (χ0) is 21.1. The van der Waals surface area contributed by atoms with Crippen molar-refractivity contribution in [1.82, 2.24) is 4.90 Å². The predicted octanol–water partition coefficient (Wildman–Crippen LogP) is 4.06. The molecule has 0 N–H and O–H groups in total. The van der Waals surface area contributed by atoms with Crippen LogP contribution in [0, 0.1) is 0 Å². The minimum Gasteiger partial charge on any atom is -0.406 e. The standard InChI is InChI=1S/C25H37NO2Si/c1-24(2,3)26-17-18-27-19-21(26)20-28-29(25(4,5)6,22-13-9-7-10-14-22)23-15-11-8-12-16-23/h7-16,21H,17-20H2,1-6H3/t21-/m0/s1. The first-order chi connectivity index (χ1) is 13.7. The highest BCUT2D eigenvalue weighted by Crippen LogP contribution is 2.37. The van der Waals surface area contributed by atoms with Crippen LogP contribution in [0.1, 0.15) is 41.5 Å². The predicted molar refractivity (Wildman–Crippen MR) is 125 cm³/mol. The molecule has 1 heterocycles. The van der Waals surface area contributed by atoms with Gasteiger partial charge in [-0.15, -0.1) is 0 Å². The molecule has 0 bridgehead atoms. The molecule has 1 aliphatic heterocycles. The lowest BCUT2D eigenvalue weighted by atomic mass is 10.0. The number of morpholine rings is 1. The first-order valence-corrected chi connectivity index (χ1v) is 12.7. The van der Waals surface area contributed by atoms with Crippen molar-refractivity contribution >= 4 is 18.7 Å². The van der Waals surface area contributed by atoms with Gasteiger partial charge in [0.15, 0.2) is 0 Å². The lowest BCUT2D eigenvalue weighted by Gasteiger charge is -2.48. The van der Waals surface area contributed by atoms with Gasteiger partial charge >= 0.3 is 0 Å². The van der Waals surface area contributed by atoms with Crippen LogP contribution in [-0.2, 0) is 9.16 Å². The van der Waals surface area contributed by atoms with E-state index in [-0.39, 0.29) is 16.6 Å². The zero-order valence-electron chi connectivity index (χ0n) is 18.9. The second kappa shape index (κ2) is 8.72. The van der Waals surface area contributed by atoms with Crippen molar-refractivity contribution in [3.63, 3.8) is 0 Å². The summed E-state index contributed by atoms with van der Waals surface area (Å²) in [4.78, 5) is 2.55. The fourth-order valence-corrected chi connectivity index (χ4v) is 9.26. The third kappa shape index (κ3) is 4.66. The Balaban J connectivity index is 2.02. The summed E-state index contributed by atoms with van der Waals surface area (Å²) in [5, 5.41) is 2.66. The highest BCUT2D eigenvalue weighted by molar-refractivity contribution is 6.99. The van der Waals surface area contributed by atoms with Crippen LogP contribution >= 0.6 is 0 Å². The first kappa shape index (κ1) is 22.2. The summed E-state index contributed by atoms with van der Waals surface area (Å²) < 4.78 is 13.0. The minimum atomic E-state index is -2.50. The molecule has 3 nitrogen and oxygen atoms in total. The summed E-state index contributed by atoms with van der Waals surface area (Å²) in [6, 6.07) is 22.0. The van der Waals surface area contributed by atoms with Crippen LogP contribution in [-0.4, -0.2) is 51.2 Å². The molecule has 0 radical (unpaired) electrons. The van der Waals surface area contributed by atoms with Gasteiger partial charge in [-0.3, -0.25) is 4.90 Å². The molecule has 1 fully saturated rings. The van der Waals surface area contributed by atoms with Gasteiger partial charge in [-0.25, -0.2) is 0 Å². The Morgan fingerprint density at radius 1 is 0.897 bits per heavy atom. The second-order valence-electron chi connectivity index (χ2n) is 10.1. The molecule has 0 saturated carbocycles. The van der Waals surface area contributed by atoms with Crippen molar-refractivity contribution in [3.05, 3.63) is 60.7 Å². The molecule has 1 saturated heterocycles. The Kier molecular flexibility index (Phi) is 6.69. The lowest BCUT2D eigenvalue weighted by Crippen LogP contribution is -2.68. The number of hydrogen-bond donors (Lipinski definition) is 0. The summed E-state index contributed by atoms with van der Waals surface area (Å²) in [5.41, 5.74) is 0.100. The van der Waals surface area contributed by atoms with Crippen molar-refractivity contribution in [1.29, 1.82) is 0 Å². The van der Waals surface area contributed by atoms with E-state index in [1.54, 1.807) is 0 Å². The molecule has 29 heavy (non-hydrogen) atoms.